The molecule has 1 aromatic carbocycles. The second kappa shape index (κ2) is 5.42. The topological polar surface area (TPSA) is 55.8 Å². The van der Waals surface area contributed by atoms with Gasteiger partial charge in [0.05, 0.1) is 4.47 Å². The predicted molar refractivity (Wildman–Crippen MR) is 54.0 cm³/mol. The van der Waals surface area contributed by atoms with E-state index < -0.39 is 24.4 Å². The lowest BCUT2D eigenvalue weighted by atomic mass is 10.3. The van der Waals surface area contributed by atoms with E-state index in [-0.39, 0.29) is 10.2 Å². The van der Waals surface area contributed by atoms with Crippen molar-refractivity contribution in [2.75, 3.05) is 0 Å². The van der Waals surface area contributed by atoms with Crippen LogP contribution in [0.5, 0.6) is 11.5 Å². The van der Waals surface area contributed by atoms with Gasteiger partial charge in [-0.1, -0.05) is 0 Å². The lowest BCUT2D eigenvalue weighted by Crippen LogP contribution is -2.21. The summed E-state index contributed by atoms with van der Waals surface area (Å²) >= 11 is 2.75. The van der Waals surface area contributed by atoms with Crippen molar-refractivity contribution in [2.45, 2.75) is 12.7 Å². The van der Waals surface area contributed by atoms with Crippen LogP contribution in [0.25, 0.3) is 0 Å². The molecule has 0 fully saturated rings. The Labute approximate surface area is 106 Å². The highest BCUT2D eigenvalue weighted by molar-refractivity contribution is 9.10. The van der Waals surface area contributed by atoms with Crippen molar-refractivity contribution in [3.05, 3.63) is 22.7 Å². The summed E-state index contributed by atoms with van der Waals surface area (Å²) in [4.78, 5) is 10.2. The van der Waals surface area contributed by atoms with Gasteiger partial charge in [0.1, 0.15) is 11.5 Å². The Morgan fingerprint density at radius 2 is 2.00 bits per heavy atom. The molecule has 0 aliphatic rings. The van der Waals surface area contributed by atoms with Gasteiger partial charge in [-0.2, -0.15) is 4.39 Å². The molecule has 1 unspecified atom stereocenters. The Kier molecular flexibility index (Phi) is 4.38. The van der Waals surface area contributed by atoms with Gasteiger partial charge in [-0.05, 0) is 34.1 Å². The zero-order chi connectivity index (χ0) is 13.9. The first-order valence-electron chi connectivity index (χ1n) is 4.28. The standard InChI is InChI=1S/C9H5BrF4O4/c10-5-3-4(17-7(11)8(15)16)1-2-6(5)18-9(12,13)14/h1-3,7H,(H,15,16). The molecular weight excluding hydrogens is 328 g/mol. The van der Waals surface area contributed by atoms with Gasteiger partial charge in [0.15, 0.2) is 0 Å². The number of hydrogen-bond donors (Lipinski definition) is 1. The first-order valence-corrected chi connectivity index (χ1v) is 5.07. The maximum Gasteiger partial charge on any atom is 0.573 e. The van der Waals surface area contributed by atoms with E-state index in [4.69, 9.17) is 5.11 Å². The van der Waals surface area contributed by atoms with Crippen LogP contribution in [0.15, 0.2) is 22.7 Å². The average molecular weight is 333 g/mol. The van der Waals surface area contributed by atoms with E-state index in [1.807, 2.05) is 0 Å². The van der Waals surface area contributed by atoms with Crippen molar-refractivity contribution < 1.29 is 36.9 Å². The molecule has 0 aliphatic heterocycles. The SMILES string of the molecule is O=C(O)C(F)Oc1ccc(OC(F)(F)F)c(Br)c1. The van der Waals surface area contributed by atoms with Crippen molar-refractivity contribution in [2.24, 2.45) is 0 Å². The van der Waals surface area contributed by atoms with Crippen molar-refractivity contribution in [3.63, 3.8) is 0 Å². The number of aliphatic carboxylic acids is 1. The molecule has 0 bridgehead atoms. The van der Waals surface area contributed by atoms with Crippen LogP contribution >= 0.6 is 15.9 Å². The first-order chi connectivity index (χ1) is 8.19. The molecule has 1 N–H and O–H groups in total. The smallest absolute Gasteiger partial charge is 0.476 e. The minimum absolute atomic E-state index is 0.157. The normalized spacial score (nSPS) is 12.9. The summed E-state index contributed by atoms with van der Waals surface area (Å²) in [5.41, 5.74) is 0. The quantitative estimate of drug-likeness (QED) is 0.861. The Morgan fingerprint density at radius 1 is 1.39 bits per heavy atom. The molecule has 18 heavy (non-hydrogen) atoms. The lowest BCUT2D eigenvalue weighted by molar-refractivity contribution is -0.274. The van der Waals surface area contributed by atoms with Gasteiger partial charge in [-0.25, -0.2) is 4.79 Å². The minimum atomic E-state index is -4.87. The molecule has 0 aromatic heterocycles. The molecule has 100 valence electrons. The van der Waals surface area contributed by atoms with E-state index >= 15 is 0 Å². The fourth-order valence-corrected chi connectivity index (χ4v) is 1.37. The molecule has 0 amide bonds. The number of ether oxygens (including phenoxy) is 2. The maximum absolute atomic E-state index is 12.7. The Bertz CT molecular complexity index is 449. The fraction of sp³-hybridized carbons (Fsp3) is 0.222. The molecule has 0 radical (unpaired) electrons. The van der Waals surface area contributed by atoms with Crippen LogP contribution in [-0.2, 0) is 4.79 Å². The summed E-state index contributed by atoms with van der Waals surface area (Å²) in [6.45, 7) is 0. The van der Waals surface area contributed by atoms with Crippen molar-refractivity contribution >= 4 is 21.9 Å². The Balaban J connectivity index is 2.83. The number of halogens is 5. The van der Waals surface area contributed by atoms with E-state index in [1.54, 1.807) is 0 Å². The van der Waals surface area contributed by atoms with Crippen LogP contribution < -0.4 is 9.47 Å². The Hall–Kier alpha value is -1.51. The molecular formula is C9H5BrF4O4. The highest BCUT2D eigenvalue weighted by Gasteiger charge is 2.32. The zero-order valence-electron chi connectivity index (χ0n) is 8.37. The van der Waals surface area contributed by atoms with Crippen molar-refractivity contribution in [1.82, 2.24) is 0 Å². The van der Waals surface area contributed by atoms with E-state index in [2.05, 4.69) is 25.4 Å². The van der Waals surface area contributed by atoms with Crippen LogP contribution in [0.3, 0.4) is 0 Å². The van der Waals surface area contributed by atoms with E-state index in [9.17, 15) is 22.4 Å². The molecule has 0 spiro atoms. The summed E-state index contributed by atoms with van der Waals surface area (Å²) in [7, 11) is 0. The zero-order valence-corrected chi connectivity index (χ0v) is 9.96. The van der Waals surface area contributed by atoms with Gasteiger partial charge < -0.3 is 14.6 Å². The maximum atomic E-state index is 12.7. The number of carbonyl (C=O) groups is 1. The number of carboxylic acid groups (broad SMARTS) is 1. The largest absolute Gasteiger partial charge is 0.573 e. The summed E-state index contributed by atoms with van der Waals surface area (Å²) in [6, 6.07) is 2.76. The molecule has 0 aliphatic carbocycles. The third-order valence-electron chi connectivity index (χ3n) is 1.56. The fourth-order valence-electron chi connectivity index (χ4n) is 0.932. The second-order valence-electron chi connectivity index (χ2n) is 2.91. The summed E-state index contributed by atoms with van der Waals surface area (Å²) in [6.07, 6.45) is -7.47. The number of rotatable bonds is 4. The lowest BCUT2D eigenvalue weighted by Gasteiger charge is -2.12. The number of carboxylic acids is 1. The van der Waals surface area contributed by atoms with Crippen LogP contribution in [0.2, 0.25) is 0 Å². The molecule has 0 saturated carbocycles. The second-order valence-corrected chi connectivity index (χ2v) is 3.77. The minimum Gasteiger partial charge on any atom is -0.476 e. The number of hydrogen-bond acceptors (Lipinski definition) is 3. The first kappa shape index (κ1) is 14.6. The monoisotopic (exact) mass is 332 g/mol. The molecule has 1 atom stereocenters. The van der Waals surface area contributed by atoms with E-state index in [0.717, 1.165) is 18.2 Å². The van der Waals surface area contributed by atoms with Crippen molar-refractivity contribution in [1.29, 1.82) is 0 Å². The van der Waals surface area contributed by atoms with Gasteiger partial charge in [0.2, 0.25) is 0 Å². The van der Waals surface area contributed by atoms with Gasteiger partial charge in [0, 0.05) is 0 Å². The van der Waals surface area contributed by atoms with Crippen LogP contribution in [-0.4, -0.2) is 23.8 Å². The van der Waals surface area contributed by atoms with Crippen molar-refractivity contribution in [3.8, 4) is 11.5 Å². The highest BCUT2D eigenvalue weighted by atomic mass is 79.9. The van der Waals surface area contributed by atoms with Crippen LogP contribution in [0.1, 0.15) is 0 Å². The molecule has 0 heterocycles. The van der Waals surface area contributed by atoms with Crippen LogP contribution in [0, 0.1) is 0 Å². The van der Waals surface area contributed by atoms with Gasteiger partial charge in [-0.15, -0.1) is 13.2 Å². The molecule has 0 saturated heterocycles. The molecule has 1 rings (SSSR count). The third-order valence-corrected chi connectivity index (χ3v) is 2.18. The van der Waals surface area contributed by atoms with Crippen LogP contribution in [0.4, 0.5) is 17.6 Å². The number of benzene rings is 1. The molecule has 1 aromatic rings. The van der Waals surface area contributed by atoms with Gasteiger partial charge in [-0.3, -0.25) is 0 Å². The molecule has 9 heteroatoms. The summed E-state index contributed by atoms with van der Waals surface area (Å²) < 4.78 is 56.2. The van der Waals surface area contributed by atoms with E-state index in [0.29, 0.717) is 0 Å². The van der Waals surface area contributed by atoms with Gasteiger partial charge >= 0.3 is 18.7 Å². The predicted octanol–water partition coefficient (Wildman–Crippen LogP) is 3.11. The highest BCUT2D eigenvalue weighted by Crippen LogP contribution is 2.33. The Morgan fingerprint density at radius 3 is 2.44 bits per heavy atom. The van der Waals surface area contributed by atoms with Gasteiger partial charge in [0.25, 0.3) is 0 Å². The number of alkyl halides is 4. The average Bonchev–Trinajstić information content (AvgIpc) is 2.20. The summed E-state index contributed by atoms with van der Waals surface area (Å²) in [5, 5.41) is 8.23. The third kappa shape index (κ3) is 4.40. The molecule has 4 nitrogen and oxygen atoms in total. The summed E-state index contributed by atoms with van der Waals surface area (Å²) in [5.74, 6) is -2.66. The van der Waals surface area contributed by atoms with E-state index in [1.165, 1.54) is 0 Å².